The largest absolute Gasteiger partial charge is 0.371 e. The first-order chi connectivity index (χ1) is 8.97. The molecule has 0 radical (unpaired) electrons. The molecule has 8 heteroatoms. The highest BCUT2D eigenvalue weighted by Crippen LogP contribution is 2.22. The van der Waals surface area contributed by atoms with E-state index in [0.717, 1.165) is 12.1 Å². The molecule has 2 amide bonds. The van der Waals surface area contributed by atoms with Gasteiger partial charge in [-0.25, -0.2) is 4.39 Å². The number of nitrogens with one attached hydrogen (secondary N) is 2. The zero-order chi connectivity index (χ0) is 14.0. The quantitative estimate of drug-likeness (QED) is 0.482. The first-order valence-corrected chi connectivity index (χ1v) is 5.51. The Morgan fingerprint density at radius 3 is 2.74 bits per heavy atom. The number of rotatable bonds is 3. The minimum Gasteiger partial charge on any atom is -0.371 e. The fraction of sp³-hybridized carbons (Fsp3) is 0.273. The zero-order valence-corrected chi connectivity index (χ0v) is 9.68. The molecule has 1 aliphatic rings. The second-order valence-electron chi connectivity index (χ2n) is 4.07. The molecule has 2 rings (SSSR count). The lowest BCUT2D eigenvalue weighted by atomic mass is 10.1. The number of anilines is 1. The topological polar surface area (TPSA) is 101 Å². The maximum Gasteiger partial charge on any atom is 0.272 e. The number of hydrogen-bond acceptors (Lipinski definition) is 5. The Labute approximate surface area is 106 Å². The van der Waals surface area contributed by atoms with E-state index in [-0.39, 0.29) is 30.1 Å². The van der Waals surface area contributed by atoms with Gasteiger partial charge in [-0.3, -0.25) is 25.0 Å². The van der Waals surface area contributed by atoms with Crippen LogP contribution in [0.5, 0.6) is 0 Å². The smallest absolute Gasteiger partial charge is 0.272 e. The molecule has 19 heavy (non-hydrogen) atoms. The summed E-state index contributed by atoms with van der Waals surface area (Å²) in [6.07, 6.45) is 0.416. The number of piperidine rings is 1. The summed E-state index contributed by atoms with van der Waals surface area (Å²) < 4.78 is 13.6. The Morgan fingerprint density at radius 2 is 2.16 bits per heavy atom. The van der Waals surface area contributed by atoms with Crippen molar-refractivity contribution in [1.82, 2.24) is 5.32 Å². The van der Waals surface area contributed by atoms with Gasteiger partial charge in [0, 0.05) is 12.5 Å². The molecule has 1 atom stereocenters. The average Bonchev–Trinajstić information content (AvgIpc) is 2.34. The van der Waals surface area contributed by atoms with Crippen molar-refractivity contribution >= 4 is 23.2 Å². The molecule has 0 saturated carbocycles. The number of imide groups is 1. The third kappa shape index (κ3) is 2.84. The molecule has 1 aromatic carbocycles. The highest BCUT2D eigenvalue weighted by atomic mass is 19.1. The molecular weight excluding hydrogens is 257 g/mol. The van der Waals surface area contributed by atoms with Crippen LogP contribution in [0, 0.1) is 15.9 Å². The molecule has 1 fully saturated rings. The van der Waals surface area contributed by atoms with E-state index >= 15 is 0 Å². The first kappa shape index (κ1) is 12.9. The van der Waals surface area contributed by atoms with Gasteiger partial charge in [-0.05, 0) is 12.5 Å². The van der Waals surface area contributed by atoms with Gasteiger partial charge in [0.25, 0.3) is 5.69 Å². The minimum atomic E-state index is -0.820. The van der Waals surface area contributed by atoms with Gasteiger partial charge >= 0.3 is 0 Å². The van der Waals surface area contributed by atoms with E-state index in [1.54, 1.807) is 0 Å². The maximum atomic E-state index is 13.6. The number of nitrogens with zero attached hydrogens (tertiary/aromatic N) is 1. The van der Waals surface area contributed by atoms with Crippen molar-refractivity contribution < 1.29 is 18.9 Å². The molecule has 0 aliphatic carbocycles. The number of hydrogen-bond donors (Lipinski definition) is 2. The summed E-state index contributed by atoms with van der Waals surface area (Å²) in [6.45, 7) is 0. The second-order valence-corrected chi connectivity index (χ2v) is 4.07. The van der Waals surface area contributed by atoms with Crippen LogP contribution in [0.3, 0.4) is 0 Å². The lowest BCUT2D eigenvalue weighted by molar-refractivity contribution is -0.385. The van der Waals surface area contributed by atoms with Gasteiger partial charge in [0.1, 0.15) is 6.04 Å². The van der Waals surface area contributed by atoms with Crippen LogP contribution in [0.2, 0.25) is 0 Å². The molecular formula is C11H10FN3O4. The van der Waals surface area contributed by atoms with Crippen molar-refractivity contribution in [3.8, 4) is 0 Å². The van der Waals surface area contributed by atoms with Crippen LogP contribution in [-0.2, 0) is 9.59 Å². The highest BCUT2D eigenvalue weighted by molar-refractivity contribution is 6.01. The summed E-state index contributed by atoms with van der Waals surface area (Å²) in [5.41, 5.74) is -0.383. The van der Waals surface area contributed by atoms with E-state index in [9.17, 15) is 24.1 Å². The molecule has 1 aromatic rings. The van der Waals surface area contributed by atoms with E-state index in [1.165, 1.54) is 6.07 Å². The third-order valence-corrected chi connectivity index (χ3v) is 2.73. The Hall–Kier alpha value is -2.51. The summed E-state index contributed by atoms with van der Waals surface area (Å²) in [5.74, 6) is -1.72. The summed E-state index contributed by atoms with van der Waals surface area (Å²) in [7, 11) is 0. The normalized spacial score (nSPS) is 18.9. The SMILES string of the molecule is O=C1CCC(Nc2ccc([N+](=O)[O-])cc2F)C(=O)N1. The van der Waals surface area contributed by atoms with Crippen molar-refractivity contribution in [3.05, 3.63) is 34.1 Å². The molecule has 1 aliphatic heterocycles. The molecule has 1 unspecified atom stereocenters. The van der Waals surface area contributed by atoms with E-state index in [2.05, 4.69) is 10.6 Å². The van der Waals surface area contributed by atoms with Crippen LogP contribution in [-0.4, -0.2) is 22.8 Å². The highest BCUT2D eigenvalue weighted by Gasteiger charge is 2.27. The molecule has 1 heterocycles. The zero-order valence-electron chi connectivity index (χ0n) is 9.68. The molecule has 0 bridgehead atoms. The number of carbonyl (C=O) groups is 2. The fourth-order valence-electron chi connectivity index (χ4n) is 1.75. The lowest BCUT2D eigenvalue weighted by Gasteiger charge is -2.22. The van der Waals surface area contributed by atoms with Crippen LogP contribution in [0.4, 0.5) is 15.8 Å². The Balaban J connectivity index is 2.13. The van der Waals surface area contributed by atoms with Crippen molar-refractivity contribution in [1.29, 1.82) is 0 Å². The summed E-state index contributed by atoms with van der Waals surface area (Å²) in [4.78, 5) is 32.2. The number of amides is 2. The average molecular weight is 267 g/mol. The van der Waals surface area contributed by atoms with Gasteiger partial charge in [0.2, 0.25) is 11.8 Å². The molecule has 7 nitrogen and oxygen atoms in total. The second kappa shape index (κ2) is 5.01. The van der Waals surface area contributed by atoms with E-state index in [1.807, 2.05) is 0 Å². The Kier molecular flexibility index (Phi) is 3.41. The van der Waals surface area contributed by atoms with Crippen molar-refractivity contribution in [2.75, 3.05) is 5.32 Å². The first-order valence-electron chi connectivity index (χ1n) is 5.51. The number of nitro benzene ring substituents is 1. The fourth-order valence-corrected chi connectivity index (χ4v) is 1.75. The van der Waals surface area contributed by atoms with Crippen LogP contribution < -0.4 is 10.6 Å². The van der Waals surface area contributed by atoms with Crippen LogP contribution in [0.15, 0.2) is 18.2 Å². The van der Waals surface area contributed by atoms with E-state index < -0.39 is 22.7 Å². The predicted molar refractivity (Wildman–Crippen MR) is 62.8 cm³/mol. The van der Waals surface area contributed by atoms with Gasteiger partial charge in [0.05, 0.1) is 16.7 Å². The van der Waals surface area contributed by atoms with Crippen molar-refractivity contribution in [2.45, 2.75) is 18.9 Å². The lowest BCUT2D eigenvalue weighted by Crippen LogP contribution is -2.47. The summed E-state index contributed by atoms with van der Waals surface area (Å²) >= 11 is 0. The monoisotopic (exact) mass is 267 g/mol. The molecule has 100 valence electrons. The standard InChI is InChI=1S/C11H10FN3O4/c12-7-5-6(15(18)19)1-2-8(7)13-9-3-4-10(16)14-11(9)17/h1-2,5,9,13H,3-4H2,(H,14,16,17). The molecule has 1 saturated heterocycles. The van der Waals surface area contributed by atoms with Gasteiger partial charge in [-0.15, -0.1) is 0 Å². The Morgan fingerprint density at radius 1 is 1.42 bits per heavy atom. The van der Waals surface area contributed by atoms with E-state index in [4.69, 9.17) is 0 Å². The number of halogens is 1. The molecule has 0 spiro atoms. The maximum absolute atomic E-state index is 13.6. The predicted octanol–water partition coefficient (Wildman–Crippen LogP) is 0.951. The number of carbonyl (C=O) groups excluding carboxylic acids is 2. The van der Waals surface area contributed by atoms with Gasteiger partial charge in [-0.1, -0.05) is 0 Å². The number of non-ortho nitro benzene ring substituents is 1. The van der Waals surface area contributed by atoms with Gasteiger partial charge < -0.3 is 5.32 Å². The Bertz CT molecular complexity index is 561. The number of benzene rings is 1. The van der Waals surface area contributed by atoms with Crippen molar-refractivity contribution in [3.63, 3.8) is 0 Å². The van der Waals surface area contributed by atoms with Crippen LogP contribution in [0.25, 0.3) is 0 Å². The van der Waals surface area contributed by atoms with Crippen LogP contribution >= 0.6 is 0 Å². The van der Waals surface area contributed by atoms with Gasteiger partial charge in [-0.2, -0.15) is 0 Å². The molecule has 0 aromatic heterocycles. The molecule has 2 N–H and O–H groups in total. The van der Waals surface area contributed by atoms with Crippen LogP contribution in [0.1, 0.15) is 12.8 Å². The minimum absolute atomic E-state index is 0.0138. The third-order valence-electron chi connectivity index (χ3n) is 2.73. The summed E-state index contributed by atoms with van der Waals surface area (Å²) in [6, 6.07) is 2.37. The number of nitro groups is 1. The van der Waals surface area contributed by atoms with Gasteiger partial charge in [0.15, 0.2) is 5.82 Å². The summed E-state index contributed by atoms with van der Waals surface area (Å²) in [5, 5.41) is 15.2. The van der Waals surface area contributed by atoms with Crippen molar-refractivity contribution in [2.24, 2.45) is 0 Å². The van der Waals surface area contributed by atoms with E-state index in [0.29, 0.717) is 0 Å².